The molecule has 3 heteroatoms. The molecule has 1 aliphatic heterocycles. The summed E-state index contributed by atoms with van der Waals surface area (Å²) in [6.45, 7) is 0. The van der Waals surface area contributed by atoms with Crippen LogP contribution >= 0.6 is 11.6 Å². The zero-order valence-electron chi connectivity index (χ0n) is 12.1. The molecule has 111 valence electrons. The van der Waals surface area contributed by atoms with E-state index >= 15 is 0 Å². The van der Waals surface area contributed by atoms with Gasteiger partial charge in [0.15, 0.2) is 0 Å². The number of halogens is 1. The van der Waals surface area contributed by atoms with E-state index in [-0.39, 0.29) is 5.97 Å². The molecule has 0 unspecified atom stereocenters. The SMILES string of the molecule is O=C1OC(CCCCl)=C(c2ccccc2)[C]1c1ccccc1. The van der Waals surface area contributed by atoms with Gasteiger partial charge >= 0.3 is 5.97 Å². The minimum Gasteiger partial charge on any atom is -0.430 e. The van der Waals surface area contributed by atoms with Gasteiger partial charge in [-0.05, 0) is 17.5 Å². The zero-order chi connectivity index (χ0) is 15.4. The van der Waals surface area contributed by atoms with Crippen molar-refractivity contribution in [2.45, 2.75) is 12.8 Å². The third-order valence-electron chi connectivity index (χ3n) is 3.61. The molecule has 2 nitrogen and oxygen atoms in total. The fraction of sp³-hybridized carbons (Fsp3) is 0.158. The normalized spacial score (nSPS) is 15.2. The van der Waals surface area contributed by atoms with Crippen molar-refractivity contribution in [3.05, 3.63) is 83.5 Å². The average molecular weight is 312 g/mol. The second-order valence-corrected chi connectivity index (χ2v) is 5.47. The van der Waals surface area contributed by atoms with Crippen molar-refractivity contribution >= 4 is 23.1 Å². The van der Waals surface area contributed by atoms with E-state index in [0.717, 1.165) is 28.9 Å². The Morgan fingerprint density at radius 3 is 2.05 bits per heavy atom. The number of carbonyl (C=O) groups excluding carboxylic acids is 1. The lowest BCUT2D eigenvalue weighted by Crippen LogP contribution is -2.10. The third kappa shape index (κ3) is 2.93. The second kappa shape index (κ2) is 6.80. The van der Waals surface area contributed by atoms with Crippen LogP contribution in [-0.4, -0.2) is 11.8 Å². The van der Waals surface area contributed by atoms with Gasteiger partial charge in [0.2, 0.25) is 0 Å². The molecule has 0 fully saturated rings. The van der Waals surface area contributed by atoms with E-state index in [9.17, 15) is 4.79 Å². The van der Waals surface area contributed by atoms with Crippen molar-refractivity contribution in [1.82, 2.24) is 0 Å². The predicted molar refractivity (Wildman–Crippen MR) is 88.2 cm³/mol. The van der Waals surface area contributed by atoms with Gasteiger partial charge in [0, 0.05) is 17.9 Å². The fourth-order valence-electron chi connectivity index (χ4n) is 2.64. The summed E-state index contributed by atoms with van der Waals surface area (Å²) in [5, 5.41) is 0. The van der Waals surface area contributed by atoms with Gasteiger partial charge in [-0.2, -0.15) is 0 Å². The highest BCUT2D eigenvalue weighted by Crippen LogP contribution is 2.42. The summed E-state index contributed by atoms with van der Waals surface area (Å²) in [5.41, 5.74) is 2.77. The van der Waals surface area contributed by atoms with E-state index in [1.165, 1.54) is 0 Å². The molecular formula is C19H16ClO2. The molecule has 0 amide bonds. The van der Waals surface area contributed by atoms with Crippen LogP contribution in [0.1, 0.15) is 24.0 Å². The molecule has 0 bridgehead atoms. The number of hydrogen-bond acceptors (Lipinski definition) is 2. The Labute approximate surface area is 135 Å². The summed E-state index contributed by atoms with van der Waals surface area (Å²) >= 11 is 5.79. The van der Waals surface area contributed by atoms with Gasteiger partial charge in [0.25, 0.3) is 0 Å². The third-order valence-corrected chi connectivity index (χ3v) is 3.88. The molecule has 0 saturated carbocycles. The Bertz CT molecular complexity index is 677. The van der Waals surface area contributed by atoms with Gasteiger partial charge in [-0.25, -0.2) is 0 Å². The van der Waals surface area contributed by atoms with Crippen LogP contribution in [0.4, 0.5) is 0 Å². The van der Waals surface area contributed by atoms with Gasteiger partial charge < -0.3 is 4.74 Å². The number of cyclic esters (lactones) is 1. The van der Waals surface area contributed by atoms with Crippen LogP contribution in [-0.2, 0) is 9.53 Å². The van der Waals surface area contributed by atoms with E-state index in [4.69, 9.17) is 16.3 Å². The molecule has 2 aromatic carbocycles. The van der Waals surface area contributed by atoms with Crippen molar-refractivity contribution in [3.8, 4) is 0 Å². The largest absolute Gasteiger partial charge is 0.430 e. The number of benzene rings is 2. The first kappa shape index (κ1) is 14.9. The molecule has 1 radical (unpaired) electrons. The summed E-state index contributed by atoms with van der Waals surface area (Å²) < 4.78 is 5.54. The van der Waals surface area contributed by atoms with Gasteiger partial charge in [0.1, 0.15) is 11.7 Å². The maximum atomic E-state index is 12.4. The summed E-state index contributed by atoms with van der Waals surface area (Å²) in [6, 6.07) is 19.5. The van der Waals surface area contributed by atoms with E-state index in [0.29, 0.717) is 18.2 Å². The molecular weight excluding hydrogens is 296 g/mol. The molecule has 1 heterocycles. The van der Waals surface area contributed by atoms with Crippen LogP contribution < -0.4 is 0 Å². The first-order chi connectivity index (χ1) is 10.8. The Morgan fingerprint density at radius 2 is 1.45 bits per heavy atom. The van der Waals surface area contributed by atoms with E-state index in [1.54, 1.807) is 0 Å². The van der Waals surface area contributed by atoms with Crippen LogP contribution in [0.25, 0.3) is 5.57 Å². The lowest BCUT2D eigenvalue weighted by atomic mass is 9.87. The Balaban J connectivity index is 2.07. The van der Waals surface area contributed by atoms with E-state index in [2.05, 4.69) is 0 Å². The van der Waals surface area contributed by atoms with Crippen molar-refractivity contribution in [3.63, 3.8) is 0 Å². The Hall–Kier alpha value is -2.06. The standard InChI is InChI=1S/C19H16ClO2/c20-13-7-12-16-17(14-8-3-1-4-9-14)18(19(21)22-16)15-10-5-2-6-11-15/h1-6,8-11H,7,12-13H2. The van der Waals surface area contributed by atoms with Crippen LogP contribution in [0.2, 0.25) is 0 Å². The number of allylic oxidation sites excluding steroid dienone is 1. The van der Waals surface area contributed by atoms with Crippen molar-refractivity contribution < 1.29 is 9.53 Å². The number of esters is 1. The van der Waals surface area contributed by atoms with Crippen LogP contribution in [0.15, 0.2) is 66.4 Å². The second-order valence-electron chi connectivity index (χ2n) is 5.09. The van der Waals surface area contributed by atoms with E-state index in [1.807, 2.05) is 60.7 Å². The Kier molecular flexibility index (Phi) is 4.59. The monoisotopic (exact) mass is 311 g/mol. The highest BCUT2D eigenvalue weighted by atomic mass is 35.5. The van der Waals surface area contributed by atoms with Crippen molar-refractivity contribution in [1.29, 1.82) is 0 Å². The highest BCUT2D eigenvalue weighted by molar-refractivity contribution is 6.17. The average Bonchev–Trinajstić information content (AvgIpc) is 2.91. The quantitative estimate of drug-likeness (QED) is 0.596. The fourth-order valence-corrected chi connectivity index (χ4v) is 2.77. The maximum Gasteiger partial charge on any atom is 0.328 e. The number of rotatable bonds is 5. The van der Waals surface area contributed by atoms with Crippen molar-refractivity contribution in [2.75, 3.05) is 5.88 Å². The molecule has 0 saturated heterocycles. The van der Waals surface area contributed by atoms with Crippen LogP contribution in [0.3, 0.4) is 0 Å². The highest BCUT2D eigenvalue weighted by Gasteiger charge is 2.38. The summed E-state index contributed by atoms with van der Waals surface area (Å²) in [5.74, 6) is 1.62. The number of ether oxygens (including phenoxy) is 1. The minimum absolute atomic E-state index is 0.283. The van der Waals surface area contributed by atoms with Crippen LogP contribution in [0, 0.1) is 5.92 Å². The summed E-state index contributed by atoms with van der Waals surface area (Å²) in [7, 11) is 0. The van der Waals surface area contributed by atoms with Crippen molar-refractivity contribution in [2.24, 2.45) is 0 Å². The number of alkyl halides is 1. The lowest BCUT2D eigenvalue weighted by molar-refractivity contribution is -0.134. The number of hydrogen-bond donors (Lipinski definition) is 0. The molecule has 2 aromatic rings. The van der Waals surface area contributed by atoms with E-state index < -0.39 is 0 Å². The Morgan fingerprint density at radius 1 is 0.864 bits per heavy atom. The van der Waals surface area contributed by atoms with Gasteiger partial charge in [-0.1, -0.05) is 60.7 Å². The van der Waals surface area contributed by atoms with Gasteiger partial charge in [-0.15, -0.1) is 11.6 Å². The first-order valence-corrected chi connectivity index (χ1v) is 7.84. The van der Waals surface area contributed by atoms with Gasteiger partial charge in [0.05, 0.1) is 0 Å². The minimum atomic E-state index is -0.283. The molecule has 1 aliphatic rings. The molecule has 0 atom stereocenters. The lowest BCUT2D eigenvalue weighted by Gasteiger charge is -2.11. The van der Waals surface area contributed by atoms with Gasteiger partial charge in [-0.3, -0.25) is 4.79 Å². The molecule has 3 rings (SSSR count). The van der Waals surface area contributed by atoms with Crippen LogP contribution in [0.5, 0.6) is 0 Å². The molecule has 0 aliphatic carbocycles. The summed E-state index contributed by atoms with van der Waals surface area (Å²) in [4.78, 5) is 12.4. The predicted octanol–water partition coefficient (Wildman–Crippen LogP) is 4.60. The first-order valence-electron chi connectivity index (χ1n) is 7.30. The number of carbonyl (C=O) groups is 1. The zero-order valence-corrected chi connectivity index (χ0v) is 12.8. The topological polar surface area (TPSA) is 26.3 Å². The molecule has 0 aromatic heterocycles. The smallest absolute Gasteiger partial charge is 0.328 e. The molecule has 0 N–H and O–H groups in total. The molecule has 22 heavy (non-hydrogen) atoms. The molecule has 0 spiro atoms. The maximum absolute atomic E-state index is 12.4. The summed E-state index contributed by atoms with van der Waals surface area (Å²) in [6.07, 6.45) is 1.44.